The van der Waals surface area contributed by atoms with Crippen LogP contribution in [0.15, 0.2) is 0 Å². The molecule has 0 aliphatic carbocycles. The van der Waals surface area contributed by atoms with Crippen LogP contribution >= 0.6 is 0 Å². The standard InChI is InChI=1S/C12H24N4/c1-3-5-7-8-10-12-13-15-16(14-12)11-9-6-4-2/h3-11H2,1-2H3. The molecule has 0 amide bonds. The quantitative estimate of drug-likeness (QED) is 0.606. The second-order valence-electron chi connectivity index (χ2n) is 4.32. The maximum absolute atomic E-state index is 4.37. The van der Waals surface area contributed by atoms with E-state index in [1.165, 1.54) is 38.5 Å². The Morgan fingerprint density at radius 2 is 1.69 bits per heavy atom. The van der Waals surface area contributed by atoms with Gasteiger partial charge in [0, 0.05) is 6.42 Å². The summed E-state index contributed by atoms with van der Waals surface area (Å²) in [6, 6.07) is 0. The molecular formula is C12H24N4. The molecule has 0 aliphatic rings. The van der Waals surface area contributed by atoms with Crippen molar-refractivity contribution in [2.75, 3.05) is 0 Å². The summed E-state index contributed by atoms with van der Waals surface area (Å²) >= 11 is 0. The number of unbranched alkanes of at least 4 members (excludes halogenated alkanes) is 5. The Kier molecular flexibility index (Phi) is 6.77. The first-order chi connectivity index (χ1) is 7.86. The molecule has 92 valence electrons. The van der Waals surface area contributed by atoms with E-state index in [-0.39, 0.29) is 0 Å². The number of rotatable bonds is 9. The van der Waals surface area contributed by atoms with Crippen LogP contribution in [0.25, 0.3) is 0 Å². The normalized spacial score (nSPS) is 10.9. The summed E-state index contributed by atoms with van der Waals surface area (Å²) in [5, 5.41) is 12.5. The highest BCUT2D eigenvalue weighted by Crippen LogP contribution is 2.03. The number of nitrogens with zero attached hydrogens (tertiary/aromatic N) is 4. The second-order valence-corrected chi connectivity index (χ2v) is 4.32. The molecule has 4 heteroatoms. The van der Waals surface area contributed by atoms with E-state index in [4.69, 9.17) is 0 Å². The first-order valence-corrected chi connectivity index (χ1v) is 6.63. The molecule has 0 spiro atoms. The summed E-state index contributed by atoms with van der Waals surface area (Å²) in [4.78, 5) is 1.74. The van der Waals surface area contributed by atoms with E-state index in [1.807, 2.05) is 0 Å². The van der Waals surface area contributed by atoms with Gasteiger partial charge in [0.15, 0.2) is 5.82 Å². The Morgan fingerprint density at radius 3 is 2.44 bits per heavy atom. The lowest BCUT2D eigenvalue weighted by atomic mass is 10.1. The van der Waals surface area contributed by atoms with Crippen molar-refractivity contribution in [2.45, 2.75) is 71.8 Å². The SMILES string of the molecule is CCCCCCc1nnn(CCCCC)n1. The molecule has 1 rings (SSSR count). The summed E-state index contributed by atoms with van der Waals surface area (Å²) in [7, 11) is 0. The summed E-state index contributed by atoms with van der Waals surface area (Å²) in [5.41, 5.74) is 0. The molecule has 0 bridgehead atoms. The largest absolute Gasteiger partial charge is 0.174 e. The van der Waals surface area contributed by atoms with Crippen LogP contribution in [0.2, 0.25) is 0 Å². The van der Waals surface area contributed by atoms with E-state index >= 15 is 0 Å². The fourth-order valence-corrected chi connectivity index (χ4v) is 1.68. The smallest absolute Gasteiger partial charge is 0.164 e. The first-order valence-electron chi connectivity index (χ1n) is 6.63. The van der Waals surface area contributed by atoms with Crippen LogP contribution in [0, 0.1) is 0 Å². The fourth-order valence-electron chi connectivity index (χ4n) is 1.68. The van der Waals surface area contributed by atoms with Crippen molar-refractivity contribution >= 4 is 0 Å². The van der Waals surface area contributed by atoms with Gasteiger partial charge < -0.3 is 0 Å². The Bertz CT molecular complexity index is 270. The summed E-state index contributed by atoms with van der Waals surface area (Å²) in [6.07, 6.45) is 9.67. The Labute approximate surface area is 98.4 Å². The van der Waals surface area contributed by atoms with Gasteiger partial charge in [0.25, 0.3) is 0 Å². The molecule has 1 aromatic rings. The van der Waals surface area contributed by atoms with Gasteiger partial charge in [-0.3, -0.25) is 0 Å². The maximum Gasteiger partial charge on any atom is 0.174 e. The van der Waals surface area contributed by atoms with Gasteiger partial charge in [0.2, 0.25) is 0 Å². The third kappa shape index (κ3) is 5.24. The minimum atomic E-state index is 0.910. The highest BCUT2D eigenvalue weighted by Gasteiger charge is 2.01. The first kappa shape index (κ1) is 13.1. The summed E-state index contributed by atoms with van der Waals surface area (Å²) in [6.45, 7) is 5.34. The molecule has 4 nitrogen and oxygen atoms in total. The zero-order valence-electron chi connectivity index (χ0n) is 10.7. The minimum absolute atomic E-state index is 0.910. The molecular weight excluding hydrogens is 200 g/mol. The van der Waals surface area contributed by atoms with Crippen molar-refractivity contribution < 1.29 is 0 Å². The molecule has 1 aromatic heterocycles. The summed E-state index contributed by atoms with van der Waals surface area (Å²) < 4.78 is 0. The molecule has 0 saturated heterocycles. The second kappa shape index (κ2) is 8.25. The Balaban J connectivity index is 2.17. The molecule has 0 atom stereocenters. The maximum atomic E-state index is 4.37. The number of hydrogen-bond donors (Lipinski definition) is 0. The molecule has 0 unspecified atom stereocenters. The monoisotopic (exact) mass is 224 g/mol. The van der Waals surface area contributed by atoms with Crippen molar-refractivity contribution in [1.82, 2.24) is 20.2 Å². The van der Waals surface area contributed by atoms with Crippen LogP contribution in [0.5, 0.6) is 0 Å². The van der Waals surface area contributed by atoms with Crippen molar-refractivity contribution in [2.24, 2.45) is 0 Å². The van der Waals surface area contributed by atoms with E-state index in [1.54, 1.807) is 4.80 Å². The molecule has 16 heavy (non-hydrogen) atoms. The van der Waals surface area contributed by atoms with Crippen LogP contribution in [0.3, 0.4) is 0 Å². The Hall–Kier alpha value is -0.930. The lowest BCUT2D eigenvalue weighted by Gasteiger charge is -1.96. The number of tetrazole rings is 1. The molecule has 0 N–H and O–H groups in total. The molecule has 0 aliphatic heterocycles. The third-order valence-corrected chi connectivity index (χ3v) is 2.71. The molecule has 0 saturated carbocycles. The molecule has 1 heterocycles. The van der Waals surface area contributed by atoms with Gasteiger partial charge in [-0.05, 0) is 18.1 Å². The van der Waals surface area contributed by atoms with Gasteiger partial charge in [-0.1, -0.05) is 46.0 Å². The minimum Gasteiger partial charge on any atom is -0.164 e. The topological polar surface area (TPSA) is 43.6 Å². The van der Waals surface area contributed by atoms with Crippen LogP contribution < -0.4 is 0 Å². The zero-order chi connectivity index (χ0) is 11.6. The molecule has 0 radical (unpaired) electrons. The lowest BCUT2D eigenvalue weighted by Crippen LogP contribution is -2.02. The zero-order valence-corrected chi connectivity index (χ0v) is 10.7. The number of hydrogen-bond acceptors (Lipinski definition) is 3. The highest BCUT2D eigenvalue weighted by molar-refractivity contribution is 4.76. The van der Waals surface area contributed by atoms with Gasteiger partial charge in [-0.15, -0.1) is 10.2 Å². The number of aromatic nitrogens is 4. The number of aryl methyl sites for hydroxylation is 2. The van der Waals surface area contributed by atoms with E-state index in [0.29, 0.717) is 0 Å². The summed E-state index contributed by atoms with van der Waals surface area (Å²) in [5.74, 6) is 0.910. The van der Waals surface area contributed by atoms with Crippen molar-refractivity contribution in [3.05, 3.63) is 5.82 Å². The van der Waals surface area contributed by atoms with Crippen LogP contribution in [0.1, 0.15) is 64.6 Å². The van der Waals surface area contributed by atoms with E-state index in [9.17, 15) is 0 Å². The lowest BCUT2D eigenvalue weighted by molar-refractivity contribution is 0.484. The van der Waals surface area contributed by atoms with E-state index in [2.05, 4.69) is 29.3 Å². The average molecular weight is 224 g/mol. The van der Waals surface area contributed by atoms with Gasteiger partial charge in [-0.25, -0.2) is 0 Å². The predicted octanol–water partition coefficient (Wildman–Crippen LogP) is 2.99. The van der Waals surface area contributed by atoms with Crippen molar-refractivity contribution in [3.8, 4) is 0 Å². The van der Waals surface area contributed by atoms with Gasteiger partial charge in [-0.2, -0.15) is 4.80 Å². The van der Waals surface area contributed by atoms with Gasteiger partial charge in [0.05, 0.1) is 6.54 Å². The van der Waals surface area contributed by atoms with Gasteiger partial charge >= 0.3 is 0 Å². The van der Waals surface area contributed by atoms with E-state index in [0.717, 1.165) is 25.2 Å². The van der Waals surface area contributed by atoms with Gasteiger partial charge in [0.1, 0.15) is 0 Å². The highest BCUT2D eigenvalue weighted by atomic mass is 15.6. The molecule has 0 aromatic carbocycles. The fraction of sp³-hybridized carbons (Fsp3) is 0.917. The Morgan fingerprint density at radius 1 is 0.938 bits per heavy atom. The van der Waals surface area contributed by atoms with Crippen LogP contribution in [-0.2, 0) is 13.0 Å². The van der Waals surface area contributed by atoms with Crippen LogP contribution in [0.4, 0.5) is 0 Å². The van der Waals surface area contributed by atoms with Crippen LogP contribution in [-0.4, -0.2) is 20.2 Å². The third-order valence-electron chi connectivity index (χ3n) is 2.71. The van der Waals surface area contributed by atoms with Crippen molar-refractivity contribution in [3.63, 3.8) is 0 Å². The predicted molar refractivity (Wildman–Crippen MR) is 65.2 cm³/mol. The molecule has 0 fully saturated rings. The van der Waals surface area contributed by atoms with E-state index < -0.39 is 0 Å². The average Bonchev–Trinajstić information content (AvgIpc) is 2.73. The van der Waals surface area contributed by atoms with Crippen molar-refractivity contribution in [1.29, 1.82) is 0 Å².